The Morgan fingerprint density at radius 2 is 2.00 bits per heavy atom. The molecule has 21 heavy (non-hydrogen) atoms. The van der Waals surface area contributed by atoms with E-state index in [0.717, 1.165) is 28.7 Å². The number of benzene rings is 1. The molecular formula is C15H19BrN2O3. The zero-order chi connectivity index (χ0) is 15.4. The third-order valence-electron chi connectivity index (χ3n) is 3.25. The van der Waals surface area contributed by atoms with Crippen LogP contribution in [0.1, 0.15) is 30.7 Å². The van der Waals surface area contributed by atoms with Gasteiger partial charge < -0.3 is 14.6 Å². The van der Waals surface area contributed by atoms with E-state index in [1.807, 2.05) is 10.7 Å². The molecule has 0 radical (unpaired) electrons. The molecule has 0 spiro atoms. The van der Waals surface area contributed by atoms with Gasteiger partial charge in [-0.3, -0.25) is 4.68 Å². The first-order valence-electron chi connectivity index (χ1n) is 6.73. The van der Waals surface area contributed by atoms with Gasteiger partial charge in [-0.1, -0.05) is 13.0 Å². The van der Waals surface area contributed by atoms with E-state index in [1.54, 1.807) is 32.5 Å². The molecule has 0 saturated carbocycles. The number of aliphatic hydroxyl groups is 1. The largest absolute Gasteiger partial charge is 0.493 e. The Balaban J connectivity index is 2.40. The fourth-order valence-corrected chi connectivity index (χ4v) is 2.73. The fourth-order valence-electron chi connectivity index (χ4n) is 2.21. The number of rotatable bonds is 6. The number of aryl methyl sites for hydroxylation is 1. The minimum absolute atomic E-state index is 0.590. The van der Waals surface area contributed by atoms with E-state index in [4.69, 9.17) is 9.47 Å². The van der Waals surface area contributed by atoms with Crippen LogP contribution < -0.4 is 9.47 Å². The summed E-state index contributed by atoms with van der Waals surface area (Å²) in [6.45, 7) is 2.83. The maximum Gasteiger partial charge on any atom is 0.161 e. The van der Waals surface area contributed by atoms with Crippen LogP contribution in [0.2, 0.25) is 0 Å². The first kappa shape index (κ1) is 15.9. The SMILES string of the molecule is CCCn1ncc(Br)c1C(O)c1ccc(OC)c(OC)c1. The van der Waals surface area contributed by atoms with E-state index >= 15 is 0 Å². The summed E-state index contributed by atoms with van der Waals surface area (Å²) in [6, 6.07) is 5.38. The van der Waals surface area contributed by atoms with Crippen molar-refractivity contribution in [3.8, 4) is 11.5 Å². The van der Waals surface area contributed by atoms with Gasteiger partial charge in [0.1, 0.15) is 6.10 Å². The number of methoxy groups -OCH3 is 2. The van der Waals surface area contributed by atoms with E-state index in [0.29, 0.717) is 11.5 Å². The molecular weight excluding hydrogens is 336 g/mol. The zero-order valence-corrected chi connectivity index (χ0v) is 13.9. The Bertz CT molecular complexity index is 613. The molecule has 0 aliphatic carbocycles. The summed E-state index contributed by atoms with van der Waals surface area (Å²) in [4.78, 5) is 0. The highest BCUT2D eigenvalue weighted by atomic mass is 79.9. The Morgan fingerprint density at radius 1 is 1.29 bits per heavy atom. The second kappa shape index (κ2) is 6.95. The maximum atomic E-state index is 10.7. The van der Waals surface area contributed by atoms with Crippen LogP contribution in [0.25, 0.3) is 0 Å². The lowest BCUT2D eigenvalue weighted by Gasteiger charge is -2.16. The van der Waals surface area contributed by atoms with Gasteiger partial charge in [-0.25, -0.2) is 0 Å². The smallest absolute Gasteiger partial charge is 0.161 e. The third kappa shape index (κ3) is 3.22. The third-order valence-corrected chi connectivity index (χ3v) is 3.86. The molecule has 2 aromatic rings. The molecule has 114 valence electrons. The molecule has 0 amide bonds. The van der Waals surface area contributed by atoms with Crippen LogP contribution in [-0.2, 0) is 6.54 Å². The first-order valence-corrected chi connectivity index (χ1v) is 7.52. The van der Waals surface area contributed by atoms with Crippen molar-refractivity contribution in [3.63, 3.8) is 0 Å². The molecule has 1 N–H and O–H groups in total. The van der Waals surface area contributed by atoms with Crippen LogP contribution in [0.15, 0.2) is 28.9 Å². The molecule has 6 heteroatoms. The van der Waals surface area contributed by atoms with Gasteiger partial charge in [-0.05, 0) is 40.0 Å². The number of ether oxygens (including phenoxy) is 2. The first-order chi connectivity index (χ1) is 10.1. The van der Waals surface area contributed by atoms with Gasteiger partial charge in [0.05, 0.1) is 30.6 Å². The van der Waals surface area contributed by atoms with Crippen LogP contribution in [0.3, 0.4) is 0 Å². The number of halogens is 1. The molecule has 1 heterocycles. The van der Waals surface area contributed by atoms with Crippen molar-refractivity contribution >= 4 is 15.9 Å². The minimum Gasteiger partial charge on any atom is -0.493 e. The monoisotopic (exact) mass is 354 g/mol. The summed E-state index contributed by atoms with van der Waals surface area (Å²) in [5, 5.41) is 14.9. The summed E-state index contributed by atoms with van der Waals surface area (Å²) in [6.07, 6.45) is 1.86. The second-order valence-electron chi connectivity index (χ2n) is 4.62. The summed E-state index contributed by atoms with van der Waals surface area (Å²) >= 11 is 3.45. The van der Waals surface area contributed by atoms with Crippen LogP contribution in [-0.4, -0.2) is 29.1 Å². The van der Waals surface area contributed by atoms with Crippen molar-refractivity contribution in [1.82, 2.24) is 9.78 Å². The number of hydrogen-bond donors (Lipinski definition) is 1. The Morgan fingerprint density at radius 3 is 2.62 bits per heavy atom. The minimum atomic E-state index is -0.784. The normalized spacial score (nSPS) is 12.2. The zero-order valence-electron chi connectivity index (χ0n) is 12.3. The van der Waals surface area contributed by atoms with E-state index in [-0.39, 0.29) is 0 Å². The van der Waals surface area contributed by atoms with Gasteiger partial charge in [0, 0.05) is 6.54 Å². The van der Waals surface area contributed by atoms with E-state index < -0.39 is 6.10 Å². The van der Waals surface area contributed by atoms with Gasteiger partial charge in [0.25, 0.3) is 0 Å². The molecule has 2 rings (SSSR count). The molecule has 1 aromatic carbocycles. The summed E-state index contributed by atoms with van der Waals surface area (Å²) in [7, 11) is 3.16. The van der Waals surface area contributed by atoms with Crippen LogP contribution >= 0.6 is 15.9 Å². The lowest BCUT2D eigenvalue weighted by Crippen LogP contribution is -2.11. The Hall–Kier alpha value is -1.53. The van der Waals surface area contributed by atoms with Crippen molar-refractivity contribution in [1.29, 1.82) is 0 Å². The predicted octanol–water partition coefficient (Wildman–Crippen LogP) is 3.15. The van der Waals surface area contributed by atoms with Crippen molar-refractivity contribution in [2.24, 2.45) is 0 Å². The van der Waals surface area contributed by atoms with Crippen molar-refractivity contribution in [3.05, 3.63) is 40.1 Å². The van der Waals surface area contributed by atoms with Crippen molar-refractivity contribution in [2.45, 2.75) is 26.0 Å². The highest BCUT2D eigenvalue weighted by Gasteiger charge is 2.20. The lowest BCUT2D eigenvalue weighted by molar-refractivity contribution is 0.206. The van der Waals surface area contributed by atoms with Gasteiger partial charge in [0.15, 0.2) is 11.5 Å². The molecule has 0 saturated heterocycles. The summed E-state index contributed by atoms with van der Waals surface area (Å²) < 4.78 is 13.1. The topological polar surface area (TPSA) is 56.5 Å². The molecule has 1 atom stereocenters. The van der Waals surface area contributed by atoms with Crippen LogP contribution in [0.4, 0.5) is 0 Å². The molecule has 0 aliphatic rings. The summed E-state index contributed by atoms with van der Waals surface area (Å²) in [5.74, 6) is 1.22. The maximum absolute atomic E-state index is 10.7. The second-order valence-corrected chi connectivity index (χ2v) is 5.47. The molecule has 1 aromatic heterocycles. The van der Waals surface area contributed by atoms with Gasteiger partial charge in [-0.2, -0.15) is 5.10 Å². The van der Waals surface area contributed by atoms with E-state index in [9.17, 15) is 5.11 Å². The van der Waals surface area contributed by atoms with Crippen molar-refractivity contribution in [2.75, 3.05) is 14.2 Å². The Labute approximate surface area is 132 Å². The fraction of sp³-hybridized carbons (Fsp3) is 0.400. The predicted molar refractivity (Wildman–Crippen MR) is 83.8 cm³/mol. The lowest BCUT2D eigenvalue weighted by atomic mass is 10.1. The number of aromatic nitrogens is 2. The van der Waals surface area contributed by atoms with Crippen LogP contribution in [0.5, 0.6) is 11.5 Å². The number of aliphatic hydroxyl groups excluding tert-OH is 1. The number of hydrogen-bond acceptors (Lipinski definition) is 4. The average Bonchev–Trinajstić information content (AvgIpc) is 2.87. The van der Waals surface area contributed by atoms with Crippen LogP contribution in [0, 0.1) is 0 Å². The molecule has 0 aliphatic heterocycles. The Kier molecular flexibility index (Phi) is 5.25. The standard InChI is InChI=1S/C15H19BrN2O3/c1-4-7-18-14(11(16)9-17-18)15(19)10-5-6-12(20-2)13(8-10)21-3/h5-6,8-9,15,19H,4,7H2,1-3H3. The van der Waals surface area contributed by atoms with E-state index in [2.05, 4.69) is 28.0 Å². The molecule has 0 fully saturated rings. The number of nitrogens with zero attached hydrogens (tertiary/aromatic N) is 2. The molecule has 1 unspecified atom stereocenters. The van der Waals surface area contributed by atoms with Crippen molar-refractivity contribution < 1.29 is 14.6 Å². The quantitative estimate of drug-likeness (QED) is 0.865. The average molecular weight is 355 g/mol. The highest BCUT2D eigenvalue weighted by Crippen LogP contribution is 2.34. The van der Waals surface area contributed by atoms with Gasteiger partial charge >= 0.3 is 0 Å². The summed E-state index contributed by atoms with van der Waals surface area (Å²) in [5.41, 5.74) is 1.47. The highest BCUT2D eigenvalue weighted by molar-refractivity contribution is 9.10. The molecule has 0 bridgehead atoms. The van der Waals surface area contributed by atoms with Gasteiger partial charge in [-0.15, -0.1) is 0 Å². The van der Waals surface area contributed by atoms with E-state index in [1.165, 1.54) is 0 Å². The molecule has 5 nitrogen and oxygen atoms in total. The van der Waals surface area contributed by atoms with Gasteiger partial charge in [0.2, 0.25) is 0 Å².